The minimum atomic E-state index is -0.905. The summed E-state index contributed by atoms with van der Waals surface area (Å²) in [4.78, 5) is 33.8. The monoisotopic (exact) mass is 465 g/mol. The second-order valence-electron chi connectivity index (χ2n) is 9.06. The molecule has 34 heavy (non-hydrogen) atoms. The van der Waals surface area contributed by atoms with Crippen molar-refractivity contribution in [2.24, 2.45) is 5.41 Å². The van der Waals surface area contributed by atoms with Gasteiger partial charge < -0.3 is 14.2 Å². The summed E-state index contributed by atoms with van der Waals surface area (Å²) in [5.41, 5.74) is 1.06. The summed E-state index contributed by atoms with van der Waals surface area (Å²) >= 11 is 0. The summed E-state index contributed by atoms with van der Waals surface area (Å²) < 4.78 is 33.1. The highest BCUT2D eigenvalue weighted by Gasteiger charge is 2.46. The number of oxazole rings is 1. The number of hydrogen-bond donors (Lipinski definition) is 0. The molecule has 2 amide bonds. The average Bonchev–Trinajstić information content (AvgIpc) is 3.40. The van der Waals surface area contributed by atoms with Crippen molar-refractivity contribution in [3.05, 3.63) is 77.8 Å². The van der Waals surface area contributed by atoms with E-state index in [0.29, 0.717) is 43.8 Å². The van der Waals surface area contributed by atoms with Crippen molar-refractivity contribution in [1.82, 2.24) is 14.8 Å². The molecule has 2 saturated heterocycles. The quantitative estimate of drug-likeness (QED) is 0.562. The number of carbonyl (C=O) groups excluding carboxylic acids is 2. The predicted octanol–water partition coefficient (Wildman–Crippen LogP) is 4.66. The fourth-order valence-corrected chi connectivity index (χ4v) is 5.10. The molecule has 2 aliphatic heterocycles. The molecule has 176 valence electrons. The zero-order chi connectivity index (χ0) is 23.7. The third-order valence-electron chi connectivity index (χ3n) is 7.07. The van der Waals surface area contributed by atoms with E-state index < -0.39 is 17.0 Å². The maximum Gasteiger partial charge on any atom is 0.253 e. The molecule has 0 N–H and O–H groups in total. The highest BCUT2D eigenvalue weighted by Crippen LogP contribution is 2.41. The fraction of sp³-hybridized carbons (Fsp3) is 0.346. The first-order valence-electron chi connectivity index (χ1n) is 11.5. The van der Waals surface area contributed by atoms with Gasteiger partial charge in [0.2, 0.25) is 5.91 Å². The Morgan fingerprint density at radius 3 is 2.50 bits per heavy atom. The van der Waals surface area contributed by atoms with Crippen LogP contribution in [0.15, 0.2) is 59.5 Å². The maximum atomic E-state index is 14.2. The molecule has 5 rings (SSSR count). The Hall–Kier alpha value is -3.55. The number of benzene rings is 2. The second kappa shape index (κ2) is 9.00. The number of aromatic nitrogens is 1. The number of hydrogen-bond acceptors (Lipinski definition) is 4. The van der Waals surface area contributed by atoms with Crippen molar-refractivity contribution in [3.8, 4) is 11.3 Å². The lowest BCUT2D eigenvalue weighted by molar-refractivity contribution is -0.150. The van der Waals surface area contributed by atoms with Gasteiger partial charge in [-0.3, -0.25) is 9.59 Å². The molecular weight excluding hydrogens is 440 g/mol. The minimum absolute atomic E-state index is 0.0223. The number of piperidine rings is 2. The van der Waals surface area contributed by atoms with Crippen LogP contribution in [0.3, 0.4) is 0 Å². The van der Waals surface area contributed by atoms with E-state index in [0.717, 1.165) is 24.5 Å². The van der Waals surface area contributed by atoms with Crippen LogP contribution < -0.4 is 0 Å². The second-order valence-corrected chi connectivity index (χ2v) is 9.06. The molecule has 0 radical (unpaired) electrons. The van der Waals surface area contributed by atoms with E-state index in [1.807, 2.05) is 12.1 Å². The van der Waals surface area contributed by atoms with E-state index in [2.05, 4.69) is 4.98 Å². The molecule has 8 heteroatoms. The van der Waals surface area contributed by atoms with Gasteiger partial charge in [0.05, 0.1) is 11.6 Å². The maximum absolute atomic E-state index is 14.2. The molecule has 0 saturated carbocycles. The molecule has 2 aromatic carbocycles. The molecule has 6 nitrogen and oxygen atoms in total. The summed E-state index contributed by atoms with van der Waals surface area (Å²) in [6.07, 6.45) is 5.67. The van der Waals surface area contributed by atoms with E-state index in [1.165, 1.54) is 18.5 Å². The van der Waals surface area contributed by atoms with Crippen LogP contribution in [0, 0.1) is 17.0 Å². The van der Waals surface area contributed by atoms with Crippen molar-refractivity contribution in [2.45, 2.75) is 32.2 Å². The number of likely N-dealkylation sites (tertiary alicyclic amines) is 2. The SMILES string of the molecule is O=C(c1ccc(-c2cnco2)cc1)N1CCC2(CCCN(Cc3cccc(F)c3F)C2=O)CC1. The molecule has 2 fully saturated rings. The van der Waals surface area contributed by atoms with Crippen molar-refractivity contribution >= 4 is 11.8 Å². The predicted molar refractivity (Wildman–Crippen MR) is 121 cm³/mol. The fourth-order valence-electron chi connectivity index (χ4n) is 5.10. The molecule has 0 bridgehead atoms. The van der Waals surface area contributed by atoms with Crippen LogP contribution >= 0.6 is 0 Å². The highest BCUT2D eigenvalue weighted by molar-refractivity contribution is 5.95. The van der Waals surface area contributed by atoms with E-state index in [4.69, 9.17) is 4.42 Å². The molecule has 3 aromatic rings. The number of nitrogens with zero attached hydrogens (tertiary/aromatic N) is 3. The van der Waals surface area contributed by atoms with Gasteiger partial charge in [-0.25, -0.2) is 13.8 Å². The van der Waals surface area contributed by atoms with Crippen LogP contribution in [0.1, 0.15) is 41.6 Å². The topological polar surface area (TPSA) is 66.7 Å². The van der Waals surface area contributed by atoms with E-state index >= 15 is 0 Å². The van der Waals surface area contributed by atoms with Gasteiger partial charge in [0, 0.05) is 42.9 Å². The summed E-state index contributed by atoms with van der Waals surface area (Å²) in [7, 11) is 0. The zero-order valence-corrected chi connectivity index (χ0v) is 18.7. The lowest BCUT2D eigenvalue weighted by atomic mass is 9.71. The number of halogens is 2. The van der Waals surface area contributed by atoms with Crippen molar-refractivity contribution < 1.29 is 22.8 Å². The normalized spacial score (nSPS) is 17.9. The number of amides is 2. The summed E-state index contributed by atoms with van der Waals surface area (Å²) in [6, 6.07) is 11.2. The molecule has 1 spiro atoms. The highest BCUT2D eigenvalue weighted by atomic mass is 19.2. The molecule has 0 atom stereocenters. The molecule has 0 aliphatic carbocycles. The molecule has 2 aliphatic rings. The van der Waals surface area contributed by atoms with Gasteiger partial charge in [-0.1, -0.05) is 24.3 Å². The first-order chi connectivity index (χ1) is 16.5. The Bertz CT molecular complexity index is 1190. The van der Waals surface area contributed by atoms with Crippen LogP contribution in [0.4, 0.5) is 8.78 Å². The van der Waals surface area contributed by atoms with Crippen molar-refractivity contribution in [2.75, 3.05) is 19.6 Å². The number of rotatable bonds is 4. The third-order valence-corrected chi connectivity index (χ3v) is 7.07. The smallest absolute Gasteiger partial charge is 0.253 e. The summed E-state index contributed by atoms with van der Waals surface area (Å²) in [5, 5.41) is 0. The molecule has 1 aromatic heterocycles. The van der Waals surface area contributed by atoms with Crippen LogP contribution in [-0.4, -0.2) is 46.2 Å². The first-order valence-corrected chi connectivity index (χ1v) is 11.5. The van der Waals surface area contributed by atoms with Crippen molar-refractivity contribution in [1.29, 1.82) is 0 Å². The van der Waals surface area contributed by atoms with E-state index in [-0.39, 0.29) is 23.9 Å². The minimum Gasteiger partial charge on any atom is -0.444 e. The van der Waals surface area contributed by atoms with Gasteiger partial charge in [-0.15, -0.1) is 0 Å². The number of carbonyl (C=O) groups is 2. The van der Waals surface area contributed by atoms with Gasteiger partial charge in [0.1, 0.15) is 0 Å². The Balaban J connectivity index is 1.24. The first kappa shape index (κ1) is 22.3. The zero-order valence-electron chi connectivity index (χ0n) is 18.7. The molecule has 0 unspecified atom stereocenters. The summed E-state index contributed by atoms with van der Waals surface area (Å²) in [6.45, 7) is 1.55. The van der Waals surface area contributed by atoms with Crippen molar-refractivity contribution in [3.63, 3.8) is 0 Å². The van der Waals surface area contributed by atoms with Gasteiger partial charge in [0.25, 0.3) is 5.91 Å². The van der Waals surface area contributed by atoms with Gasteiger partial charge in [0.15, 0.2) is 23.8 Å². The van der Waals surface area contributed by atoms with Gasteiger partial charge in [-0.05, 0) is 43.9 Å². The largest absolute Gasteiger partial charge is 0.444 e. The lowest BCUT2D eigenvalue weighted by Gasteiger charge is -2.46. The van der Waals surface area contributed by atoms with Crippen LogP contribution in [-0.2, 0) is 11.3 Å². The Kier molecular flexibility index (Phi) is 5.89. The van der Waals surface area contributed by atoms with E-state index in [1.54, 1.807) is 28.1 Å². The average molecular weight is 466 g/mol. The summed E-state index contributed by atoms with van der Waals surface area (Å²) in [5.74, 6) is -1.26. The lowest BCUT2D eigenvalue weighted by Crippen LogP contribution is -2.54. The molecule has 3 heterocycles. The Morgan fingerprint density at radius 2 is 1.79 bits per heavy atom. The third kappa shape index (κ3) is 4.08. The van der Waals surface area contributed by atoms with Crippen LogP contribution in [0.5, 0.6) is 0 Å². The van der Waals surface area contributed by atoms with Crippen LogP contribution in [0.25, 0.3) is 11.3 Å². The standard InChI is InChI=1S/C26H25F2N3O3/c27-21-4-1-3-20(23(21)28)16-31-12-2-9-26(25(31)33)10-13-30(14-11-26)24(32)19-7-5-18(6-8-19)22-15-29-17-34-22/h1,3-8,15,17H,2,9-14,16H2. The van der Waals surface area contributed by atoms with E-state index in [9.17, 15) is 18.4 Å². The van der Waals surface area contributed by atoms with Gasteiger partial charge in [-0.2, -0.15) is 0 Å². The Morgan fingerprint density at radius 1 is 1.03 bits per heavy atom. The van der Waals surface area contributed by atoms with Gasteiger partial charge >= 0.3 is 0 Å². The van der Waals surface area contributed by atoms with Crippen LogP contribution in [0.2, 0.25) is 0 Å². The Labute approximate surface area is 196 Å². The molecular formula is C26H25F2N3O3.